The van der Waals surface area contributed by atoms with Gasteiger partial charge in [0.2, 0.25) is 11.2 Å². The number of ether oxygens (including phenoxy) is 1. The summed E-state index contributed by atoms with van der Waals surface area (Å²) in [5.41, 5.74) is 0. The molecule has 98 valence electrons. The second kappa shape index (κ2) is 7.72. The molecule has 0 aliphatic carbocycles. The average Bonchev–Trinajstić information content (AvgIpc) is 2.27. The number of halogens is 1. The number of hydrogen-bond donors (Lipinski definition) is 1. The molecule has 0 atom stereocenters. The molecule has 6 heteroatoms. The van der Waals surface area contributed by atoms with E-state index in [1.54, 1.807) is 0 Å². The largest absolute Gasteiger partial charge is 0.461 e. The minimum Gasteiger partial charge on any atom is -0.461 e. The monoisotopic (exact) mass is 268 g/mol. The maximum absolute atomic E-state index is 5.79. The van der Waals surface area contributed by atoms with Gasteiger partial charge in [0.1, 0.15) is 0 Å². The van der Waals surface area contributed by atoms with Crippen LogP contribution in [0.4, 0.5) is 5.95 Å². The lowest BCUT2D eigenvalue weighted by Gasteiger charge is -2.09. The van der Waals surface area contributed by atoms with E-state index in [-0.39, 0.29) is 17.4 Å². The quantitative estimate of drug-likeness (QED) is 0.608. The summed E-state index contributed by atoms with van der Waals surface area (Å²) in [4.78, 5) is 12.0. The zero-order chi connectivity index (χ0) is 13.4. The van der Waals surface area contributed by atoms with Crippen molar-refractivity contribution in [3.05, 3.63) is 5.28 Å². The minimum absolute atomic E-state index is 0.00746. The fourth-order valence-corrected chi connectivity index (χ4v) is 1.38. The Morgan fingerprint density at radius 1 is 1.33 bits per heavy atom. The van der Waals surface area contributed by atoms with Crippen LogP contribution in [0.15, 0.2) is 0 Å². The van der Waals surface area contributed by atoms with E-state index >= 15 is 0 Å². The topological polar surface area (TPSA) is 59.9 Å². The molecule has 0 aliphatic rings. The summed E-state index contributed by atoms with van der Waals surface area (Å²) >= 11 is 5.79. The molecule has 0 aliphatic heterocycles. The lowest BCUT2D eigenvalue weighted by atomic mass is 10.2. The second-order valence-corrected chi connectivity index (χ2v) is 4.30. The maximum atomic E-state index is 5.79. The Morgan fingerprint density at radius 3 is 2.78 bits per heavy atom. The molecule has 5 nitrogen and oxygen atoms in total. The summed E-state index contributed by atoms with van der Waals surface area (Å²) in [5, 5.41) is 3.18. The van der Waals surface area contributed by atoms with Crippen LogP contribution in [0, 0.1) is 12.3 Å². The molecule has 0 saturated carbocycles. The Bertz CT molecular complexity index is 417. The van der Waals surface area contributed by atoms with Crippen LogP contribution >= 0.6 is 11.6 Å². The minimum atomic E-state index is -0.00746. The van der Waals surface area contributed by atoms with Crippen LogP contribution in [0.2, 0.25) is 5.28 Å². The molecule has 0 bridgehead atoms. The number of aromatic nitrogens is 3. The van der Waals surface area contributed by atoms with Crippen LogP contribution in [-0.4, -0.2) is 27.6 Å². The van der Waals surface area contributed by atoms with Gasteiger partial charge in [-0.25, -0.2) is 0 Å². The Morgan fingerprint density at radius 2 is 2.11 bits per heavy atom. The van der Waals surface area contributed by atoms with Crippen LogP contribution in [-0.2, 0) is 0 Å². The van der Waals surface area contributed by atoms with E-state index in [1.165, 1.54) is 0 Å². The lowest BCUT2D eigenvalue weighted by Crippen LogP contribution is -2.12. The molecule has 0 spiro atoms. The molecular formula is C12H17ClN4O. The number of rotatable bonds is 7. The SMILES string of the molecule is C#CCCCCNc1nc(Cl)nc(OC(C)C)n1. The highest BCUT2D eigenvalue weighted by atomic mass is 35.5. The van der Waals surface area contributed by atoms with Crippen LogP contribution in [0.5, 0.6) is 6.01 Å². The van der Waals surface area contributed by atoms with E-state index in [0.29, 0.717) is 5.95 Å². The molecule has 0 amide bonds. The van der Waals surface area contributed by atoms with Crippen molar-refractivity contribution in [1.29, 1.82) is 0 Å². The van der Waals surface area contributed by atoms with Crippen molar-refractivity contribution in [2.75, 3.05) is 11.9 Å². The Kier molecular flexibility index (Phi) is 6.23. The number of hydrogen-bond acceptors (Lipinski definition) is 5. The maximum Gasteiger partial charge on any atom is 0.322 e. The molecule has 18 heavy (non-hydrogen) atoms. The third-order valence-corrected chi connectivity index (χ3v) is 2.13. The third-order valence-electron chi connectivity index (χ3n) is 1.96. The van der Waals surface area contributed by atoms with Gasteiger partial charge in [0.05, 0.1) is 6.10 Å². The van der Waals surface area contributed by atoms with Gasteiger partial charge in [-0.05, 0) is 38.3 Å². The Hall–Kier alpha value is -1.54. The smallest absolute Gasteiger partial charge is 0.322 e. The highest BCUT2D eigenvalue weighted by Crippen LogP contribution is 2.12. The van der Waals surface area contributed by atoms with Gasteiger partial charge < -0.3 is 10.1 Å². The number of terminal acetylenes is 1. The fourth-order valence-electron chi connectivity index (χ4n) is 1.23. The van der Waals surface area contributed by atoms with E-state index in [4.69, 9.17) is 22.8 Å². The first-order chi connectivity index (χ1) is 8.61. The standard InChI is InChI=1S/C12H17ClN4O/c1-4-5-6-7-8-14-11-15-10(13)16-12(17-11)18-9(2)3/h1,9H,5-8H2,2-3H3,(H,14,15,16,17). The van der Waals surface area contributed by atoms with E-state index in [2.05, 4.69) is 26.2 Å². The molecule has 0 saturated heterocycles. The van der Waals surface area contributed by atoms with Crippen molar-refractivity contribution in [3.8, 4) is 18.4 Å². The van der Waals surface area contributed by atoms with Crippen molar-refractivity contribution in [2.24, 2.45) is 0 Å². The number of nitrogens with zero attached hydrogens (tertiary/aromatic N) is 3. The Labute approximate surface area is 112 Å². The summed E-state index contributed by atoms with van der Waals surface area (Å²) in [5.74, 6) is 3.02. The van der Waals surface area contributed by atoms with Crippen molar-refractivity contribution in [3.63, 3.8) is 0 Å². The van der Waals surface area contributed by atoms with Crippen molar-refractivity contribution in [2.45, 2.75) is 39.2 Å². The van der Waals surface area contributed by atoms with Gasteiger partial charge >= 0.3 is 6.01 Å². The molecular weight excluding hydrogens is 252 g/mol. The number of anilines is 1. The van der Waals surface area contributed by atoms with Crippen molar-refractivity contribution in [1.82, 2.24) is 15.0 Å². The summed E-state index contributed by atoms with van der Waals surface area (Å²) in [6.07, 6.45) is 7.86. The summed E-state index contributed by atoms with van der Waals surface area (Å²) in [6.45, 7) is 4.53. The number of unbranched alkanes of at least 4 members (excludes halogenated alkanes) is 2. The zero-order valence-electron chi connectivity index (χ0n) is 10.6. The highest BCUT2D eigenvalue weighted by molar-refractivity contribution is 6.28. The zero-order valence-corrected chi connectivity index (χ0v) is 11.4. The predicted octanol–water partition coefficient (Wildman–Crippen LogP) is 2.53. The first kappa shape index (κ1) is 14.5. The van der Waals surface area contributed by atoms with Gasteiger partial charge in [0.25, 0.3) is 0 Å². The Balaban J connectivity index is 2.49. The van der Waals surface area contributed by atoms with E-state index < -0.39 is 0 Å². The van der Waals surface area contributed by atoms with Gasteiger partial charge in [0.15, 0.2) is 0 Å². The molecule has 1 N–H and O–H groups in total. The molecule has 0 aromatic carbocycles. The van der Waals surface area contributed by atoms with E-state index in [9.17, 15) is 0 Å². The van der Waals surface area contributed by atoms with Gasteiger partial charge in [-0.15, -0.1) is 12.3 Å². The first-order valence-corrected chi connectivity index (χ1v) is 6.25. The number of nitrogens with one attached hydrogen (secondary N) is 1. The molecule has 1 aromatic heterocycles. The predicted molar refractivity (Wildman–Crippen MR) is 71.8 cm³/mol. The summed E-state index contributed by atoms with van der Waals surface area (Å²) in [6, 6.07) is 0.233. The highest BCUT2D eigenvalue weighted by Gasteiger charge is 2.07. The van der Waals surface area contributed by atoms with Crippen LogP contribution in [0.1, 0.15) is 33.1 Å². The summed E-state index contributed by atoms with van der Waals surface area (Å²) < 4.78 is 5.37. The van der Waals surface area contributed by atoms with E-state index in [0.717, 1.165) is 25.8 Å². The van der Waals surface area contributed by atoms with Crippen LogP contribution < -0.4 is 10.1 Å². The normalized spacial score (nSPS) is 10.2. The van der Waals surface area contributed by atoms with Gasteiger partial charge in [-0.1, -0.05) is 0 Å². The van der Waals surface area contributed by atoms with Gasteiger partial charge in [0, 0.05) is 13.0 Å². The molecule has 0 radical (unpaired) electrons. The third kappa shape index (κ3) is 5.69. The molecule has 1 heterocycles. The molecule has 1 aromatic rings. The fraction of sp³-hybridized carbons (Fsp3) is 0.583. The second-order valence-electron chi connectivity index (χ2n) is 3.97. The van der Waals surface area contributed by atoms with Crippen molar-refractivity contribution < 1.29 is 4.74 Å². The molecule has 1 rings (SSSR count). The lowest BCUT2D eigenvalue weighted by molar-refractivity contribution is 0.222. The first-order valence-electron chi connectivity index (χ1n) is 5.87. The van der Waals surface area contributed by atoms with Gasteiger partial charge in [-0.2, -0.15) is 15.0 Å². The molecule has 0 fully saturated rings. The average molecular weight is 269 g/mol. The van der Waals surface area contributed by atoms with Crippen LogP contribution in [0.3, 0.4) is 0 Å². The summed E-state index contributed by atoms with van der Waals surface area (Å²) in [7, 11) is 0. The van der Waals surface area contributed by atoms with Gasteiger partial charge in [-0.3, -0.25) is 0 Å². The molecule has 0 unspecified atom stereocenters. The van der Waals surface area contributed by atoms with Crippen LogP contribution in [0.25, 0.3) is 0 Å². The van der Waals surface area contributed by atoms with Crippen molar-refractivity contribution >= 4 is 17.5 Å². The van der Waals surface area contributed by atoms with E-state index in [1.807, 2.05) is 13.8 Å².